The molecule has 17 heavy (non-hydrogen) atoms. The highest BCUT2D eigenvalue weighted by Crippen LogP contribution is 2.21. The first kappa shape index (κ1) is 14.2. The van der Waals surface area contributed by atoms with Crippen LogP contribution in [0.15, 0.2) is 22.7 Å². The third-order valence-corrected chi connectivity index (χ3v) is 3.31. The van der Waals surface area contributed by atoms with Crippen molar-refractivity contribution in [3.05, 3.63) is 33.8 Å². The molecule has 0 aliphatic carbocycles. The fourth-order valence-corrected chi connectivity index (χ4v) is 2.18. The number of rotatable bonds is 5. The summed E-state index contributed by atoms with van der Waals surface area (Å²) < 4.78 is 1.04. The molecule has 4 heteroatoms. The number of carboxylic acid groups (broad SMARTS) is 1. The molecule has 1 aromatic rings. The Balaban J connectivity index is 2.78. The molecule has 0 fully saturated rings. The summed E-state index contributed by atoms with van der Waals surface area (Å²) in [6.45, 7) is 2.60. The third-order valence-electron chi connectivity index (χ3n) is 2.57. The van der Waals surface area contributed by atoms with Gasteiger partial charge in [-0.15, -0.1) is 0 Å². The van der Waals surface area contributed by atoms with Gasteiger partial charge in [0.25, 0.3) is 0 Å². The van der Waals surface area contributed by atoms with E-state index in [9.17, 15) is 4.79 Å². The van der Waals surface area contributed by atoms with Gasteiger partial charge in [0, 0.05) is 11.0 Å². The number of hydrogen-bond donors (Lipinski definition) is 1. The Bertz CT molecular complexity index is 404. The molecule has 0 aliphatic rings. The monoisotopic (exact) mass is 299 g/mol. The first-order valence-corrected chi connectivity index (χ1v) is 6.34. The maximum atomic E-state index is 10.8. The molecule has 1 aromatic carbocycles. The van der Waals surface area contributed by atoms with Gasteiger partial charge in [0.05, 0.1) is 5.92 Å². The number of benzene rings is 1. The molecule has 1 rings (SSSR count). The van der Waals surface area contributed by atoms with E-state index in [1.807, 2.05) is 32.3 Å². The van der Waals surface area contributed by atoms with Crippen LogP contribution in [-0.2, 0) is 17.8 Å². The highest BCUT2D eigenvalue weighted by atomic mass is 79.9. The second-order valence-electron chi connectivity index (χ2n) is 4.61. The van der Waals surface area contributed by atoms with Crippen molar-refractivity contribution in [2.24, 2.45) is 5.92 Å². The van der Waals surface area contributed by atoms with E-state index in [1.54, 1.807) is 6.92 Å². The van der Waals surface area contributed by atoms with Crippen LogP contribution in [0.4, 0.5) is 0 Å². The number of halogens is 1. The van der Waals surface area contributed by atoms with Crippen LogP contribution in [0.3, 0.4) is 0 Å². The summed E-state index contributed by atoms with van der Waals surface area (Å²) in [7, 11) is 4.04. The van der Waals surface area contributed by atoms with Gasteiger partial charge in [-0.3, -0.25) is 4.79 Å². The first-order valence-electron chi connectivity index (χ1n) is 5.55. The molecule has 1 unspecified atom stereocenters. The van der Waals surface area contributed by atoms with Crippen LogP contribution in [0.25, 0.3) is 0 Å². The summed E-state index contributed by atoms with van der Waals surface area (Å²) in [6.07, 6.45) is 0.566. The SMILES string of the molecule is CC(Cc1ccc(CN(C)C)c(Br)c1)C(=O)O. The molecule has 0 aromatic heterocycles. The molecule has 0 heterocycles. The van der Waals surface area contributed by atoms with Crippen molar-refractivity contribution < 1.29 is 9.90 Å². The van der Waals surface area contributed by atoms with Gasteiger partial charge in [-0.2, -0.15) is 0 Å². The Kier molecular flexibility index (Phi) is 5.15. The quantitative estimate of drug-likeness (QED) is 0.909. The Hall–Kier alpha value is -0.870. The van der Waals surface area contributed by atoms with Gasteiger partial charge < -0.3 is 10.0 Å². The van der Waals surface area contributed by atoms with Crippen LogP contribution in [0.1, 0.15) is 18.1 Å². The average molecular weight is 300 g/mol. The van der Waals surface area contributed by atoms with Gasteiger partial charge >= 0.3 is 5.97 Å². The normalized spacial score (nSPS) is 12.8. The Morgan fingerprint density at radius 3 is 2.59 bits per heavy atom. The maximum Gasteiger partial charge on any atom is 0.306 e. The van der Waals surface area contributed by atoms with Gasteiger partial charge in [0.15, 0.2) is 0 Å². The van der Waals surface area contributed by atoms with Crippen LogP contribution in [0, 0.1) is 5.92 Å². The lowest BCUT2D eigenvalue weighted by Gasteiger charge is -2.13. The van der Waals surface area contributed by atoms with E-state index in [0.717, 1.165) is 16.6 Å². The van der Waals surface area contributed by atoms with Gasteiger partial charge in [0.1, 0.15) is 0 Å². The van der Waals surface area contributed by atoms with E-state index >= 15 is 0 Å². The van der Waals surface area contributed by atoms with Crippen LogP contribution in [-0.4, -0.2) is 30.1 Å². The van der Waals surface area contributed by atoms with Gasteiger partial charge in [0.2, 0.25) is 0 Å². The topological polar surface area (TPSA) is 40.5 Å². The van der Waals surface area contributed by atoms with Crippen molar-refractivity contribution in [2.45, 2.75) is 19.9 Å². The lowest BCUT2D eigenvalue weighted by molar-refractivity contribution is -0.141. The van der Waals surface area contributed by atoms with Gasteiger partial charge in [-0.1, -0.05) is 35.0 Å². The zero-order valence-electron chi connectivity index (χ0n) is 10.4. The van der Waals surface area contributed by atoms with Crippen molar-refractivity contribution >= 4 is 21.9 Å². The van der Waals surface area contributed by atoms with E-state index in [1.165, 1.54) is 5.56 Å². The van der Waals surface area contributed by atoms with Crippen LogP contribution in [0.2, 0.25) is 0 Å². The molecule has 0 amide bonds. The summed E-state index contributed by atoms with van der Waals surface area (Å²) in [5.74, 6) is -1.10. The van der Waals surface area contributed by atoms with E-state index < -0.39 is 5.97 Å². The predicted molar refractivity (Wildman–Crippen MR) is 72.0 cm³/mol. The molecule has 3 nitrogen and oxygen atoms in total. The minimum absolute atomic E-state index is 0.346. The Morgan fingerprint density at radius 1 is 1.47 bits per heavy atom. The standard InChI is InChI=1S/C13H18BrNO2/c1-9(13(16)17)6-10-4-5-11(8-15(2)3)12(14)7-10/h4-5,7,9H,6,8H2,1-3H3,(H,16,17). The molecule has 0 aliphatic heterocycles. The molecular weight excluding hydrogens is 282 g/mol. The van der Waals surface area contributed by atoms with Crippen LogP contribution in [0.5, 0.6) is 0 Å². The number of carbonyl (C=O) groups is 1. The fourth-order valence-electron chi connectivity index (χ4n) is 1.63. The van der Waals surface area contributed by atoms with E-state index in [4.69, 9.17) is 5.11 Å². The van der Waals surface area contributed by atoms with Crippen molar-refractivity contribution in [1.82, 2.24) is 4.90 Å². The minimum atomic E-state index is -0.751. The second kappa shape index (κ2) is 6.17. The van der Waals surface area contributed by atoms with Crippen LogP contribution < -0.4 is 0 Å². The fraction of sp³-hybridized carbons (Fsp3) is 0.462. The zero-order chi connectivity index (χ0) is 13.0. The minimum Gasteiger partial charge on any atom is -0.481 e. The molecule has 0 radical (unpaired) electrons. The van der Waals surface area contributed by atoms with Crippen molar-refractivity contribution in [3.8, 4) is 0 Å². The molecular formula is C13H18BrNO2. The lowest BCUT2D eigenvalue weighted by atomic mass is 10.0. The molecule has 0 saturated carbocycles. The smallest absolute Gasteiger partial charge is 0.306 e. The highest BCUT2D eigenvalue weighted by molar-refractivity contribution is 9.10. The number of carboxylic acids is 1. The lowest BCUT2D eigenvalue weighted by Crippen LogP contribution is -2.13. The van der Waals surface area contributed by atoms with E-state index in [-0.39, 0.29) is 5.92 Å². The first-order chi connectivity index (χ1) is 7.90. The Labute approximate surface area is 111 Å². The van der Waals surface area contributed by atoms with Gasteiger partial charge in [-0.05, 0) is 37.7 Å². The Morgan fingerprint density at radius 2 is 2.12 bits per heavy atom. The molecule has 0 spiro atoms. The summed E-state index contributed by atoms with van der Waals surface area (Å²) in [6, 6.07) is 6.06. The van der Waals surface area contributed by atoms with Crippen LogP contribution >= 0.6 is 15.9 Å². The summed E-state index contributed by atoms with van der Waals surface area (Å²) in [5, 5.41) is 8.87. The molecule has 94 valence electrons. The second-order valence-corrected chi connectivity index (χ2v) is 5.46. The number of aliphatic carboxylic acids is 1. The van der Waals surface area contributed by atoms with Crippen molar-refractivity contribution in [2.75, 3.05) is 14.1 Å². The van der Waals surface area contributed by atoms with Gasteiger partial charge in [-0.25, -0.2) is 0 Å². The zero-order valence-corrected chi connectivity index (χ0v) is 12.0. The maximum absolute atomic E-state index is 10.8. The number of hydrogen-bond acceptors (Lipinski definition) is 2. The highest BCUT2D eigenvalue weighted by Gasteiger charge is 2.12. The summed E-state index contributed by atoms with van der Waals surface area (Å²) in [4.78, 5) is 12.9. The molecule has 1 N–H and O–H groups in total. The predicted octanol–water partition coefficient (Wildman–Crippen LogP) is 2.77. The summed E-state index contributed by atoms with van der Waals surface area (Å²) in [5.41, 5.74) is 2.26. The molecule has 0 saturated heterocycles. The van der Waals surface area contributed by atoms with E-state index in [2.05, 4.69) is 20.8 Å². The van der Waals surface area contributed by atoms with Crippen molar-refractivity contribution in [1.29, 1.82) is 0 Å². The van der Waals surface area contributed by atoms with E-state index in [0.29, 0.717) is 6.42 Å². The van der Waals surface area contributed by atoms with Crippen molar-refractivity contribution in [3.63, 3.8) is 0 Å². The largest absolute Gasteiger partial charge is 0.481 e. The number of nitrogens with zero attached hydrogens (tertiary/aromatic N) is 1. The molecule has 1 atom stereocenters. The third kappa shape index (κ3) is 4.48. The molecule has 0 bridgehead atoms. The summed E-state index contributed by atoms with van der Waals surface area (Å²) >= 11 is 3.53. The average Bonchev–Trinajstić information content (AvgIpc) is 2.21.